The number of likely N-dealkylation sites (N-methyl/N-ethyl adjacent to an activating group) is 1. The second-order valence-corrected chi connectivity index (χ2v) is 7.63. The number of benzene rings is 2. The van der Waals surface area contributed by atoms with Crippen molar-refractivity contribution in [3.05, 3.63) is 71.8 Å². The molecule has 2 aromatic carbocycles. The minimum absolute atomic E-state index is 0.136. The Labute approximate surface area is 163 Å². The highest BCUT2D eigenvalue weighted by Gasteiger charge is 2.32. The maximum absolute atomic E-state index is 13.1. The zero-order chi connectivity index (χ0) is 19.2. The van der Waals surface area contributed by atoms with Crippen LogP contribution in [0.4, 0.5) is 0 Å². The molecule has 0 radical (unpaired) electrons. The first-order valence-corrected chi connectivity index (χ1v) is 9.89. The van der Waals surface area contributed by atoms with Gasteiger partial charge in [-0.1, -0.05) is 60.7 Å². The molecule has 1 amide bonds. The standard InChI is InChI=1S/C23H31N3O/c1-18-15-21(13-14-26(18)17-19-9-5-3-6-10-19)25(2)23(27)22(16-24)20-11-7-4-8-12-20/h3-12,18,21-22H,13-17,24H2,1-2H3. The molecule has 1 aliphatic rings. The Morgan fingerprint density at radius 2 is 1.78 bits per heavy atom. The summed E-state index contributed by atoms with van der Waals surface area (Å²) in [5.41, 5.74) is 8.31. The van der Waals surface area contributed by atoms with Crippen LogP contribution in [-0.2, 0) is 11.3 Å². The van der Waals surface area contributed by atoms with Gasteiger partial charge in [0.15, 0.2) is 0 Å². The Morgan fingerprint density at radius 3 is 2.37 bits per heavy atom. The number of likely N-dealkylation sites (tertiary alicyclic amines) is 1. The summed E-state index contributed by atoms with van der Waals surface area (Å²) in [6.07, 6.45) is 2.01. The predicted octanol–water partition coefficient (Wildman–Crippen LogP) is 3.24. The average Bonchev–Trinajstić information content (AvgIpc) is 2.71. The first-order valence-electron chi connectivity index (χ1n) is 9.89. The Balaban J connectivity index is 1.61. The molecule has 3 unspecified atom stereocenters. The van der Waals surface area contributed by atoms with Crippen LogP contribution in [0.15, 0.2) is 60.7 Å². The average molecular weight is 366 g/mol. The normalized spacial score (nSPS) is 21.6. The molecular weight excluding hydrogens is 334 g/mol. The summed E-state index contributed by atoms with van der Waals surface area (Å²) >= 11 is 0. The highest BCUT2D eigenvalue weighted by molar-refractivity contribution is 5.84. The first-order chi connectivity index (χ1) is 13.1. The van der Waals surface area contributed by atoms with Gasteiger partial charge < -0.3 is 10.6 Å². The van der Waals surface area contributed by atoms with Gasteiger partial charge in [-0.2, -0.15) is 0 Å². The number of nitrogens with two attached hydrogens (primary N) is 1. The van der Waals surface area contributed by atoms with Gasteiger partial charge in [0.05, 0.1) is 5.92 Å². The van der Waals surface area contributed by atoms with Crippen molar-refractivity contribution in [3.8, 4) is 0 Å². The van der Waals surface area contributed by atoms with E-state index in [-0.39, 0.29) is 17.9 Å². The molecule has 144 valence electrons. The fourth-order valence-electron chi connectivity index (χ4n) is 4.09. The van der Waals surface area contributed by atoms with Gasteiger partial charge in [0.1, 0.15) is 0 Å². The molecule has 2 N–H and O–H groups in total. The van der Waals surface area contributed by atoms with E-state index in [4.69, 9.17) is 5.73 Å². The van der Waals surface area contributed by atoms with E-state index in [2.05, 4.69) is 42.2 Å². The SMILES string of the molecule is CC1CC(N(C)C(=O)C(CN)c2ccccc2)CCN1Cc1ccccc1. The number of carbonyl (C=O) groups excluding carboxylic acids is 1. The van der Waals surface area contributed by atoms with Crippen molar-refractivity contribution in [3.63, 3.8) is 0 Å². The van der Waals surface area contributed by atoms with E-state index in [0.29, 0.717) is 12.6 Å². The summed E-state index contributed by atoms with van der Waals surface area (Å²) in [5.74, 6) is -0.119. The van der Waals surface area contributed by atoms with Crippen LogP contribution in [0.25, 0.3) is 0 Å². The summed E-state index contributed by atoms with van der Waals surface area (Å²) in [5, 5.41) is 0. The lowest BCUT2D eigenvalue weighted by Crippen LogP contribution is -2.50. The molecule has 1 fully saturated rings. The maximum Gasteiger partial charge on any atom is 0.231 e. The molecule has 0 bridgehead atoms. The van der Waals surface area contributed by atoms with E-state index in [1.54, 1.807) is 0 Å². The molecule has 0 aliphatic carbocycles. The number of nitrogens with zero attached hydrogens (tertiary/aromatic N) is 2. The molecule has 3 rings (SSSR count). The largest absolute Gasteiger partial charge is 0.342 e. The van der Waals surface area contributed by atoms with Crippen LogP contribution in [0.2, 0.25) is 0 Å². The van der Waals surface area contributed by atoms with Crippen LogP contribution in [0.5, 0.6) is 0 Å². The van der Waals surface area contributed by atoms with E-state index in [0.717, 1.165) is 31.5 Å². The minimum atomic E-state index is -0.256. The van der Waals surface area contributed by atoms with E-state index in [1.807, 2.05) is 42.3 Å². The van der Waals surface area contributed by atoms with Crippen LogP contribution in [-0.4, -0.2) is 47.9 Å². The van der Waals surface area contributed by atoms with E-state index >= 15 is 0 Å². The van der Waals surface area contributed by atoms with Gasteiger partial charge in [-0.3, -0.25) is 9.69 Å². The zero-order valence-corrected chi connectivity index (χ0v) is 16.4. The number of rotatable bonds is 6. The molecule has 0 saturated carbocycles. The molecule has 1 heterocycles. The van der Waals surface area contributed by atoms with Crippen LogP contribution >= 0.6 is 0 Å². The number of hydrogen-bond acceptors (Lipinski definition) is 3. The third-order valence-corrected chi connectivity index (χ3v) is 5.85. The minimum Gasteiger partial charge on any atom is -0.342 e. The van der Waals surface area contributed by atoms with Crippen molar-refractivity contribution in [2.45, 2.75) is 44.3 Å². The van der Waals surface area contributed by atoms with E-state index in [1.165, 1.54) is 5.56 Å². The van der Waals surface area contributed by atoms with Gasteiger partial charge in [-0.15, -0.1) is 0 Å². The van der Waals surface area contributed by atoms with Crippen molar-refractivity contribution >= 4 is 5.91 Å². The van der Waals surface area contributed by atoms with Gasteiger partial charge in [-0.25, -0.2) is 0 Å². The lowest BCUT2D eigenvalue weighted by Gasteiger charge is -2.42. The topological polar surface area (TPSA) is 49.6 Å². The second kappa shape index (κ2) is 9.16. The lowest BCUT2D eigenvalue weighted by atomic mass is 9.93. The number of piperidine rings is 1. The molecule has 0 spiro atoms. The molecule has 3 atom stereocenters. The maximum atomic E-state index is 13.1. The molecule has 27 heavy (non-hydrogen) atoms. The second-order valence-electron chi connectivity index (χ2n) is 7.63. The molecule has 1 aliphatic heterocycles. The number of hydrogen-bond donors (Lipinski definition) is 1. The highest BCUT2D eigenvalue weighted by atomic mass is 16.2. The Morgan fingerprint density at radius 1 is 1.15 bits per heavy atom. The van der Waals surface area contributed by atoms with Gasteiger partial charge >= 0.3 is 0 Å². The van der Waals surface area contributed by atoms with Gasteiger partial charge in [0.2, 0.25) is 5.91 Å². The van der Waals surface area contributed by atoms with Crippen LogP contribution in [0.3, 0.4) is 0 Å². The van der Waals surface area contributed by atoms with Gasteiger partial charge in [0.25, 0.3) is 0 Å². The smallest absolute Gasteiger partial charge is 0.231 e. The summed E-state index contributed by atoms with van der Waals surface area (Å²) < 4.78 is 0. The van der Waals surface area contributed by atoms with Crippen molar-refractivity contribution in [2.75, 3.05) is 20.1 Å². The number of carbonyl (C=O) groups is 1. The molecule has 2 aromatic rings. The summed E-state index contributed by atoms with van der Waals surface area (Å²) in [7, 11) is 1.94. The molecule has 4 heteroatoms. The molecule has 0 aromatic heterocycles. The Kier molecular flexibility index (Phi) is 6.64. The van der Waals surface area contributed by atoms with Gasteiger partial charge in [0, 0.05) is 38.8 Å². The predicted molar refractivity (Wildman–Crippen MR) is 110 cm³/mol. The van der Waals surface area contributed by atoms with E-state index < -0.39 is 0 Å². The van der Waals surface area contributed by atoms with E-state index in [9.17, 15) is 4.79 Å². The quantitative estimate of drug-likeness (QED) is 0.855. The fourth-order valence-corrected chi connectivity index (χ4v) is 4.09. The fraction of sp³-hybridized carbons (Fsp3) is 0.435. The Hall–Kier alpha value is -2.17. The van der Waals surface area contributed by atoms with Crippen molar-refractivity contribution in [1.29, 1.82) is 0 Å². The first kappa shape index (κ1) is 19.6. The molecule has 1 saturated heterocycles. The summed E-state index contributed by atoms with van der Waals surface area (Å²) in [4.78, 5) is 17.5. The van der Waals surface area contributed by atoms with Crippen molar-refractivity contribution < 1.29 is 4.79 Å². The third kappa shape index (κ3) is 4.76. The van der Waals surface area contributed by atoms with Crippen LogP contribution in [0.1, 0.15) is 36.8 Å². The summed E-state index contributed by atoms with van der Waals surface area (Å²) in [6, 6.07) is 21.2. The molecule has 4 nitrogen and oxygen atoms in total. The van der Waals surface area contributed by atoms with Crippen LogP contribution in [0, 0.1) is 0 Å². The Bertz CT molecular complexity index is 719. The van der Waals surface area contributed by atoms with Crippen LogP contribution < -0.4 is 5.73 Å². The zero-order valence-electron chi connectivity index (χ0n) is 16.4. The lowest BCUT2D eigenvalue weighted by molar-refractivity contribution is -0.134. The number of amides is 1. The van der Waals surface area contributed by atoms with Gasteiger partial charge in [-0.05, 0) is 30.9 Å². The third-order valence-electron chi connectivity index (χ3n) is 5.85. The molecular formula is C23H31N3O. The van der Waals surface area contributed by atoms with Crippen molar-refractivity contribution in [2.24, 2.45) is 5.73 Å². The van der Waals surface area contributed by atoms with Crippen molar-refractivity contribution in [1.82, 2.24) is 9.80 Å². The monoisotopic (exact) mass is 365 g/mol. The highest BCUT2D eigenvalue weighted by Crippen LogP contribution is 2.26. The summed E-state index contributed by atoms with van der Waals surface area (Å²) in [6.45, 7) is 4.60.